The molecule has 0 spiro atoms. The average molecular weight is 428 g/mol. The van der Waals surface area contributed by atoms with Crippen molar-refractivity contribution in [2.75, 3.05) is 25.0 Å². The summed E-state index contributed by atoms with van der Waals surface area (Å²) in [5, 5.41) is 14.5. The van der Waals surface area contributed by atoms with Gasteiger partial charge in [-0.15, -0.1) is 23.1 Å². The van der Waals surface area contributed by atoms with E-state index in [9.17, 15) is 4.79 Å². The number of hydrazone groups is 1. The van der Waals surface area contributed by atoms with E-state index >= 15 is 0 Å². The van der Waals surface area contributed by atoms with Crippen molar-refractivity contribution in [2.24, 2.45) is 5.10 Å². The van der Waals surface area contributed by atoms with E-state index in [1.165, 1.54) is 22.6 Å². The van der Waals surface area contributed by atoms with E-state index in [0.29, 0.717) is 10.8 Å². The predicted molar refractivity (Wildman–Crippen MR) is 119 cm³/mol. The Morgan fingerprint density at radius 2 is 2.03 bits per heavy atom. The number of benzene rings is 1. The van der Waals surface area contributed by atoms with E-state index in [1.807, 2.05) is 28.9 Å². The molecule has 8 heteroatoms. The van der Waals surface area contributed by atoms with Crippen molar-refractivity contribution in [3.8, 4) is 0 Å². The smallest absolute Gasteiger partial charge is 0.278 e. The summed E-state index contributed by atoms with van der Waals surface area (Å²) in [5.41, 5.74) is 2.43. The maximum atomic E-state index is 13.2. The molecule has 5 rings (SSSR count). The van der Waals surface area contributed by atoms with Crippen LogP contribution in [0, 0.1) is 0 Å². The zero-order valence-electron chi connectivity index (χ0n) is 16.3. The molecule has 6 nitrogen and oxygen atoms in total. The van der Waals surface area contributed by atoms with Gasteiger partial charge in [-0.2, -0.15) is 5.10 Å². The van der Waals surface area contributed by atoms with Crippen LogP contribution in [0.3, 0.4) is 0 Å². The van der Waals surface area contributed by atoms with Crippen molar-refractivity contribution in [2.45, 2.75) is 48.8 Å². The second-order valence-corrected chi connectivity index (χ2v) is 10.2. The number of hydrogen-bond donors (Lipinski definition) is 2. The average Bonchev–Trinajstić information content (AvgIpc) is 3.23. The molecule has 29 heavy (non-hydrogen) atoms. The number of anilines is 1. The third-order valence-electron chi connectivity index (χ3n) is 5.32. The Labute approximate surface area is 179 Å². The predicted octanol–water partition coefficient (Wildman–Crippen LogP) is 3.48. The minimum absolute atomic E-state index is 0.182. The Kier molecular flexibility index (Phi) is 5.56. The largest absolute Gasteiger partial charge is 0.311 e. The van der Waals surface area contributed by atoms with E-state index < -0.39 is 0 Å². The molecule has 1 amide bonds. The van der Waals surface area contributed by atoms with Crippen molar-refractivity contribution < 1.29 is 4.79 Å². The molecular formula is C21H25N5OS2. The SMILES string of the molecule is O=C(Nc1nc2c(s1)CNCC2)/C(=N/N1CCCC1)c1ccc(SC2CC2)cc1. The summed E-state index contributed by atoms with van der Waals surface area (Å²) in [6.45, 7) is 3.59. The fourth-order valence-corrected chi connectivity index (χ4v) is 5.60. The normalized spacial score (nSPS) is 19.3. The molecule has 0 atom stereocenters. The molecule has 1 aliphatic carbocycles. The first-order valence-electron chi connectivity index (χ1n) is 10.4. The molecule has 2 fully saturated rings. The Morgan fingerprint density at radius 1 is 1.24 bits per heavy atom. The van der Waals surface area contributed by atoms with E-state index in [-0.39, 0.29) is 5.91 Å². The lowest BCUT2D eigenvalue weighted by Crippen LogP contribution is -2.27. The van der Waals surface area contributed by atoms with Gasteiger partial charge in [-0.05, 0) is 37.8 Å². The number of carbonyl (C=O) groups is 1. The fraction of sp³-hybridized carbons (Fsp3) is 0.476. The number of hydrogen-bond acceptors (Lipinski definition) is 7. The highest BCUT2D eigenvalue weighted by Crippen LogP contribution is 2.39. The van der Waals surface area contributed by atoms with Crippen molar-refractivity contribution in [3.05, 3.63) is 40.4 Å². The molecule has 152 valence electrons. The van der Waals surface area contributed by atoms with Crippen LogP contribution in [-0.2, 0) is 17.8 Å². The molecule has 3 heterocycles. The summed E-state index contributed by atoms with van der Waals surface area (Å²) in [6.07, 6.45) is 5.79. The van der Waals surface area contributed by atoms with Gasteiger partial charge in [-0.3, -0.25) is 15.1 Å². The van der Waals surface area contributed by atoms with Crippen LogP contribution in [0.25, 0.3) is 0 Å². The van der Waals surface area contributed by atoms with Gasteiger partial charge in [0.05, 0.1) is 5.69 Å². The van der Waals surface area contributed by atoms with Gasteiger partial charge in [-0.1, -0.05) is 12.1 Å². The molecule has 0 radical (unpaired) electrons. The first-order chi connectivity index (χ1) is 14.2. The second-order valence-electron chi connectivity index (χ2n) is 7.72. The molecule has 0 unspecified atom stereocenters. The maximum Gasteiger partial charge on any atom is 0.278 e. The topological polar surface area (TPSA) is 69.6 Å². The summed E-state index contributed by atoms with van der Waals surface area (Å²) in [6, 6.07) is 8.27. The summed E-state index contributed by atoms with van der Waals surface area (Å²) in [5.74, 6) is -0.182. The summed E-state index contributed by atoms with van der Waals surface area (Å²) in [4.78, 5) is 20.3. The fourth-order valence-electron chi connectivity index (χ4n) is 3.58. The van der Waals surface area contributed by atoms with Gasteiger partial charge in [0.1, 0.15) is 0 Å². The zero-order chi connectivity index (χ0) is 19.6. The number of amides is 1. The van der Waals surface area contributed by atoms with Gasteiger partial charge >= 0.3 is 0 Å². The third kappa shape index (κ3) is 4.65. The number of carbonyl (C=O) groups excluding carboxylic acids is 1. The van der Waals surface area contributed by atoms with E-state index in [2.05, 4.69) is 27.8 Å². The zero-order valence-corrected chi connectivity index (χ0v) is 18.0. The van der Waals surface area contributed by atoms with Gasteiger partial charge < -0.3 is 5.32 Å². The number of rotatable bonds is 6. The number of aromatic nitrogens is 1. The number of fused-ring (bicyclic) bond motifs is 1. The Bertz CT molecular complexity index is 890. The lowest BCUT2D eigenvalue weighted by Gasteiger charge is -2.14. The van der Waals surface area contributed by atoms with Gasteiger partial charge in [0.25, 0.3) is 5.91 Å². The second kappa shape index (κ2) is 8.45. The standard InChI is InChI=1S/C21H25N5OS2/c27-20(24-21-23-17-9-10-22-13-18(17)29-21)19(25-26-11-1-2-12-26)14-3-5-15(6-4-14)28-16-7-8-16/h3-6,16,22H,1-2,7-13H2,(H,23,24,27)/b25-19+. The molecule has 2 N–H and O–H groups in total. The maximum absolute atomic E-state index is 13.2. The lowest BCUT2D eigenvalue weighted by molar-refractivity contribution is -0.110. The van der Waals surface area contributed by atoms with E-state index in [0.717, 1.165) is 61.9 Å². The van der Waals surface area contributed by atoms with Gasteiger partial charge in [0, 0.05) is 53.2 Å². The highest BCUT2D eigenvalue weighted by molar-refractivity contribution is 8.00. The monoisotopic (exact) mass is 427 g/mol. The van der Waals surface area contributed by atoms with Crippen LogP contribution in [0.15, 0.2) is 34.3 Å². The molecule has 3 aliphatic rings. The molecule has 2 aromatic rings. The molecule has 1 saturated heterocycles. The van der Waals surface area contributed by atoms with Gasteiger partial charge in [0.2, 0.25) is 0 Å². The van der Waals surface area contributed by atoms with Gasteiger partial charge in [-0.25, -0.2) is 4.98 Å². The number of thiazole rings is 1. The van der Waals surface area contributed by atoms with Crippen LogP contribution in [-0.4, -0.2) is 46.5 Å². The summed E-state index contributed by atoms with van der Waals surface area (Å²) < 4.78 is 0. The van der Waals surface area contributed by atoms with Gasteiger partial charge in [0.15, 0.2) is 10.8 Å². The van der Waals surface area contributed by atoms with E-state index in [4.69, 9.17) is 5.10 Å². The van der Waals surface area contributed by atoms with Crippen LogP contribution < -0.4 is 10.6 Å². The highest BCUT2D eigenvalue weighted by Gasteiger charge is 2.24. The third-order valence-corrected chi connectivity index (χ3v) is 7.68. The van der Waals surface area contributed by atoms with Crippen molar-refractivity contribution in [3.63, 3.8) is 0 Å². The summed E-state index contributed by atoms with van der Waals surface area (Å²) in [7, 11) is 0. The molecule has 1 saturated carbocycles. The first-order valence-corrected chi connectivity index (χ1v) is 12.1. The number of thioether (sulfide) groups is 1. The van der Waals surface area contributed by atoms with Crippen LogP contribution >= 0.6 is 23.1 Å². The van der Waals surface area contributed by atoms with Crippen LogP contribution in [0.1, 0.15) is 41.8 Å². The molecule has 1 aromatic heterocycles. The molecule has 1 aromatic carbocycles. The molecule has 0 bridgehead atoms. The summed E-state index contributed by atoms with van der Waals surface area (Å²) >= 11 is 3.48. The van der Waals surface area contributed by atoms with Crippen LogP contribution in [0.4, 0.5) is 5.13 Å². The van der Waals surface area contributed by atoms with Crippen molar-refractivity contribution in [1.29, 1.82) is 0 Å². The number of nitrogens with zero attached hydrogens (tertiary/aromatic N) is 3. The minimum atomic E-state index is -0.182. The Hall–Kier alpha value is -1.90. The minimum Gasteiger partial charge on any atom is -0.311 e. The highest BCUT2D eigenvalue weighted by atomic mass is 32.2. The Balaban J connectivity index is 1.37. The van der Waals surface area contributed by atoms with Crippen LogP contribution in [0.2, 0.25) is 0 Å². The Morgan fingerprint density at radius 3 is 2.76 bits per heavy atom. The van der Waals surface area contributed by atoms with E-state index in [1.54, 1.807) is 11.3 Å². The van der Waals surface area contributed by atoms with Crippen molar-refractivity contribution >= 4 is 39.8 Å². The molecular weight excluding hydrogens is 402 g/mol. The number of nitrogens with one attached hydrogen (secondary N) is 2. The van der Waals surface area contributed by atoms with Crippen molar-refractivity contribution in [1.82, 2.24) is 15.3 Å². The first kappa shape index (κ1) is 19.1. The molecule has 2 aliphatic heterocycles. The lowest BCUT2D eigenvalue weighted by atomic mass is 10.1. The van der Waals surface area contributed by atoms with Crippen LogP contribution in [0.5, 0.6) is 0 Å². The quantitative estimate of drug-likeness (QED) is 0.691.